The molecule has 2 aromatic heterocycles. The second kappa shape index (κ2) is 15.2. The molecule has 0 fully saturated rings. The van der Waals surface area contributed by atoms with Crippen LogP contribution in [0.1, 0.15) is 18.1 Å². The molecule has 4 aromatic rings. The number of nitrogens with one attached hydrogen (secondary N) is 2. The lowest BCUT2D eigenvalue weighted by atomic mass is 10.1. The number of aliphatic hydroxyl groups is 1. The van der Waals surface area contributed by atoms with Crippen molar-refractivity contribution in [1.29, 1.82) is 0 Å². The van der Waals surface area contributed by atoms with E-state index in [1.807, 2.05) is 47.8 Å². The molecule has 0 aliphatic heterocycles. The molecule has 0 amide bonds. The fraction of sp³-hybridized carbons (Fsp3) is 0.308. The maximum absolute atomic E-state index is 8.04. The largest absolute Gasteiger partial charge is 0.397 e. The van der Waals surface area contributed by atoms with Crippen molar-refractivity contribution >= 4 is 27.4 Å². The van der Waals surface area contributed by atoms with E-state index in [1.54, 1.807) is 13.1 Å². The Balaban J connectivity index is 0.000000369. The van der Waals surface area contributed by atoms with Gasteiger partial charge >= 0.3 is 0 Å². The van der Waals surface area contributed by atoms with Gasteiger partial charge in [-0.25, -0.2) is 10.5 Å². The van der Waals surface area contributed by atoms with Crippen molar-refractivity contribution < 1.29 is 10.3 Å². The molecule has 0 radical (unpaired) electrons. The zero-order valence-corrected chi connectivity index (χ0v) is 22.3. The Morgan fingerprint density at radius 1 is 1.06 bits per heavy atom. The second-order valence-electron chi connectivity index (χ2n) is 7.99. The van der Waals surface area contributed by atoms with E-state index >= 15 is 0 Å². The van der Waals surface area contributed by atoms with Gasteiger partial charge in [-0.2, -0.15) is 9.61 Å². The van der Waals surface area contributed by atoms with Crippen LogP contribution in [0.3, 0.4) is 0 Å². The maximum Gasteiger partial charge on any atom is 0.172 e. The number of hydroxylamine groups is 1. The van der Waals surface area contributed by atoms with Crippen LogP contribution in [0.5, 0.6) is 0 Å². The quantitative estimate of drug-likeness (QED) is 0.253. The molecule has 8 nitrogen and oxygen atoms in total. The maximum atomic E-state index is 8.04. The average Bonchev–Trinajstić information content (AvgIpc) is 3.24. The standard InChI is InChI=1S/C20H17BrN4.C4H12N2O.C2H6O/c1-14-7-9-15(10-8-14)12-22-19-11-18(16-5-3-2-4-6-16)24-20-17(21)13-23-25(19)20;1-6(2)4-3-5-7;1-2-3/h2-11,13,22H,12H2,1H3;5,7H,3-4H2,1-2H3;3H,2H2,1H3. The average molecular weight is 544 g/mol. The molecular weight excluding hydrogens is 508 g/mol. The zero-order valence-electron chi connectivity index (χ0n) is 20.7. The SMILES string of the molecule is CCO.CN(C)CCNO.Cc1ccc(CNc2cc(-c3ccccc3)nc3c(Br)cnn23)cc1. The van der Waals surface area contributed by atoms with Gasteiger partial charge in [0.25, 0.3) is 0 Å². The first-order valence-electron chi connectivity index (χ1n) is 11.4. The smallest absolute Gasteiger partial charge is 0.172 e. The van der Waals surface area contributed by atoms with E-state index in [1.165, 1.54) is 11.1 Å². The Hall–Kier alpha value is -2.82. The number of fused-ring (bicyclic) bond motifs is 1. The van der Waals surface area contributed by atoms with Crippen molar-refractivity contribution in [2.24, 2.45) is 0 Å². The van der Waals surface area contributed by atoms with E-state index in [0.717, 1.165) is 40.3 Å². The van der Waals surface area contributed by atoms with Gasteiger partial charge in [-0.05, 0) is 49.4 Å². The Morgan fingerprint density at radius 3 is 2.29 bits per heavy atom. The monoisotopic (exact) mass is 542 g/mol. The minimum absolute atomic E-state index is 0.250. The third-order valence-corrected chi connectivity index (χ3v) is 5.32. The van der Waals surface area contributed by atoms with Crippen LogP contribution in [0.15, 0.2) is 71.3 Å². The zero-order chi connectivity index (χ0) is 25.6. The Kier molecular flexibility index (Phi) is 12.4. The van der Waals surface area contributed by atoms with Crippen molar-refractivity contribution in [3.8, 4) is 11.3 Å². The Labute approximate surface area is 215 Å². The van der Waals surface area contributed by atoms with Gasteiger partial charge in [-0.15, -0.1) is 0 Å². The molecule has 4 rings (SSSR count). The summed E-state index contributed by atoms with van der Waals surface area (Å²) in [5.74, 6) is 0.912. The lowest BCUT2D eigenvalue weighted by Crippen LogP contribution is -2.23. The number of anilines is 1. The number of rotatable bonds is 7. The molecule has 0 aliphatic carbocycles. The highest BCUT2D eigenvalue weighted by Gasteiger charge is 2.11. The molecule has 0 spiro atoms. The van der Waals surface area contributed by atoms with E-state index in [-0.39, 0.29) is 6.61 Å². The van der Waals surface area contributed by atoms with Gasteiger partial charge in [-0.3, -0.25) is 0 Å². The molecule has 2 aromatic carbocycles. The molecule has 4 N–H and O–H groups in total. The minimum Gasteiger partial charge on any atom is -0.397 e. The molecule has 0 saturated heterocycles. The number of hydrogen-bond acceptors (Lipinski definition) is 7. The third kappa shape index (κ3) is 9.39. The highest BCUT2D eigenvalue weighted by molar-refractivity contribution is 9.10. The molecular formula is C26H35BrN6O2. The van der Waals surface area contributed by atoms with Crippen LogP contribution < -0.4 is 10.8 Å². The highest BCUT2D eigenvalue weighted by atomic mass is 79.9. The number of aliphatic hydroxyl groups excluding tert-OH is 1. The number of nitrogens with zero attached hydrogens (tertiary/aromatic N) is 4. The number of benzene rings is 2. The molecule has 0 bridgehead atoms. The summed E-state index contributed by atoms with van der Waals surface area (Å²) in [6.45, 7) is 6.26. The van der Waals surface area contributed by atoms with Crippen molar-refractivity contribution in [3.05, 3.63) is 82.5 Å². The van der Waals surface area contributed by atoms with E-state index in [0.29, 0.717) is 6.54 Å². The number of aromatic nitrogens is 3. The van der Waals surface area contributed by atoms with Gasteiger partial charge in [-0.1, -0.05) is 60.2 Å². The molecule has 0 aliphatic rings. The fourth-order valence-electron chi connectivity index (χ4n) is 2.99. The first-order valence-corrected chi connectivity index (χ1v) is 12.2. The van der Waals surface area contributed by atoms with Crippen molar-refractivity contribution in [2.45, 2.75) is 20.4 Å². The van der Waals surface area contributed by atoms with Gasteiger partial charge in [0.15, 0.2) is 5.65 Å². The van der Waals surface area contributed by atoms with E-state index in [9.17, 15) is 0 Å². The van der Waals surface area contributed by atoms with Crippen LogP contribution in [-0.4, -0.2) is 63.6 Å². The summed E-state index contributed by atoms with van der Waals surface area (Å²) in [4.78, 5) is 6.74. The lowest BCUT2D eigenvalue weighted by molar-refractivity contribution is 0.157. The highest BCUT2D eigenvalue weighted by Crippen LogP contribution is 2.26. The summed E-state index contributed by atoms with van der Waals surface area (Å²) in [5, 5.41) is 23.5. The van der Waals surface area contributed by atoms with Crippen LogP contribution in [0, 0.1) is 6.92 Å². The van der Waals surface area contributed by atoms with Crippen LogP contribution in [-0.2, 0) is 6.54 Å². The van der Waals surface area contributed by atoms with Gasteiger partial charge in [0.1, 0.15) is 5.82 Å². The summed E-state index contributed by atoms with van der Waals surface area (Å²) in [5.41, 5.74) is 7.34. The van der Waals surface area contributed by atoms with Crippen LogP contribution >= 0.6 is 15.9 Å². The summed E-state index contributed by atoms with van der Waals surface area (Å²) < 4.78 is 2.70. The number of aryl methyl sites for hydroxylation is 1. The summed E-state index contributed by atoms with van der Waals surface area (Å²) in [6, 6.07) is 20.7. The lowest BCUT2D eigenvalue weighted by Gasteiger charge is -2.11. The first-order chi connectivity index (χ1) is 16.9. The Morgan fingerprint density at radius 2 is 1.71 bits per heavy atom. The second-order valence-corrected chi connectivity index (χ2v) is 8.84. The van der Waals surface area contributed by atoms with Crippen molar-refractivity contribution in [2.75, 3.05) is 39.1 Å². The summed E-state index contributed by atoms with van der Waals surface area (Å²) in [7, 11) is 3.91. The first kappa shape index (κ1) is 28.4. The molecule has 0 atom stereocenters. The Bertz CT molecular complexity index is 1130. The summed E-state index contributed by atoms with van der Waals surface area (Å²) >= 11 is 3.54. The topological polar surface area (TPSA) is 98.0 Å². The number of hydrogen-bond donors (Lipinski definition) is 4. The third-order valence-electron chi connectivity index (χ3n) is 4.76. The van der Waals surface area contributed by atoms with Crippen LogP contribution in [0.2, 0.25) is 0 Å². The van der Waals surface area contributed by atoms with Gasteiger partial charge in [0.05, 0.1) is 16.4 Å². The number of likely N-dealkylation sites (N-methyl/N-ethyl adjacent to an activating group) is 1. The van der Waals surface area contributed by atoms with Crippen LogP contribution in [0.4, 0.5) is 5.82 Å². The normalized spacial score (nSPS) is 10.4. The molecule has 9 heteroatoms. The van der Waals surface area contributed by atoms with Gasteiger partial charge in [0, 0.05) is 37.9 Å². The molecule has 35 heavy (non-hydrogen) atoms. The van der Waals surface area contributed by atoms with E-state index in [4.69, 9.17) is 15.3 Å². The van der Waals surface area contributed by atoms with Gasteiger partial charge < -0.3 is 20.5 Å². The van der Waals surface area contributed by atoms with E-state index < -0.39 is 0 Å². The molecule has 0 unspecified atom stereocenters. The predicted octanol–water partition coefficient (Wildman–Crippen LogP) is 4.60. The number of halogens is 1. The summed E-state index contributed by atoms with van der Waals surface area (Å²) in [6.07, 6.45) is 1.77. The van der Waals surface area contributed by atoms with Gasteiger partial charge in [0.2, 0.25) is 0 Å². The predicted molar refractivity (Wildman–Crippen MR) is 146 cm³/mol. The minimum atomic E-state index is 0.250. The van der Waals surface area contributed by atoms with E-state index in [2.05, 4.69) is 75.1 Å². The molecule has 0 saturated carbocycles. The fourth-order valence-corrected chi connectivity index (χ4v) is 3.34. The van der Waals surface area contributed by atoms with Crippen molar-refractivity contribution in [1.82, 2.24) is 25.0 Å². The van der Waals surface area contributed by atoms with Crippen molar-refractivity contribution in [3.63, 3.8) is 0 Å². The molecule has 2 heterocycles. The van der Waals surface area contributed by atoms with Crippen LogP contribution in [0.25, 0.3) is 16.9 Å². The molecule has 188 valence electrons.